The highest BCUT2D eigenvalue weighted by Gasteiger charge is 2.06. The molecule has 0 atom stereocenters. The number of benzene rings is 1. The molecule has 16 heavy (non-hydrogen) atoms. The molecule has 0 amide bonds. The molecule has 2 N–H and O–H groups in total. The molecule has 2 nitrogen and oxygen atoms in total. The minimum atomic E-state index is 0.813. The molecule has 0 aliphatic carbocycles. The van der Waals surface area contributed by atoms with Crippen LogP contribution in [-0.2, 0) is 6.42 Å². The van der Waals surface area contributed by atoms with Gasteiger partial charge in [-0.05, 0) is 18.9 Å². The Morgan fingerprint density at radius 2 is 1.94 bits per heavy atom. The summed E-state index contributed by atoms with van der Waals surface area (Å²) in [7, 11) is 0. The van der Waals surface area contributed by atoms with Crippen LogP contribution in [0, 0.1) is 6.92 Å². The molecule has 0 fully saturated rings. The Kier molecular flexibility index (Phi) is 3.25. The Morgan fingerprint density at radius 1 is 1.25 bits per heavy atom. The van der Waals surface area contributed by atoms with Crippen LogP contribution in [0.2, 0.25) is 0 Å². The smallest absolute Gasteiger partial charge is 0.125 e. The van der Waals surface area contributed by atoms with Crippen LogP contribution < -0.4 is 5.73 Å². The number of nitrogen functional groups attached to an aromatic ring is 1. The van der Waals surface area contributed by atoms with Gasteiger partial charge in [0.15, 0.2) is 0 Å². The first-order chi connectivity index (χ1) is 7.70. The number of rotatable bonds is 3. The zero-order chi connectivity index (χ0) is 11.5. The summed E-state index contributed by atoms with van der Waals surface area (Å²) in [5.41, 5.74) is 9.28. The van der Waals surface area contributed by atoms with Crippen LogP contribution >= 0.6 is 11.3 Å². The van der Waals surface area contributed by atoms with Gasteiger partial charge in [-0.15, -0.1) is 0 Å². The maximum atomic E-state index is 5.81. The fourth-order valence-corrected chi connectivity index (χ4v) is 2.47. The fraction of sp³-hybridized carbons (Fsp3) is 0.308. The van der Waals surface area contributed by atoms with Crippen molar-refractivity contribution < 1.29 is 0 Å². The Balaban J connectivity index is 2.27. The Labute approximate surface area is 100 Å². The molecule has 0 unspecified atom stereocenters. The van der Waals surface area contributed by atoms with Gasteiger partial charge in [0.1, 0.15) is 10.0 Å². The van der Waals surface area contributed by atoms with Crippen LogP contribution in [0.3, 0.4) is 0 Å². The van der Waals surface area contributed by atoms with Gasteiger partial charge in [-0.25, -0.2) is 4.98 Å². The van der Waals surface area contributed by atoms with E-state index in [2.05, 4.69) is 36.2 Å². The van der Waals surface area contributed by atoms with Gasteiger partial charge in [-0.1, -0.05) is 48.9 Å². The van der Waals surface area contributed by atoms with Crippen molar-refractivity contribution in [3.63, 3.8) is 0 Å². The lowest BCUT2D eigenvalue weighted by Crippen LogP contribution is -1.83. The molecule has 3 heteroatoms. The van der Waals surface area contributed by atoms with Gasteiger partial charge in [-0.2, -0.15) is 0 Å². The molecule has 0 bridgehead atoms. The Hall–Kier alpha value is -1.35. The van der Waals surface area contributed by atoms with Gasteiger partial charge in [0.05, 0.1) is 5.69 Å². The maximum absolute atomic E-state index is 5.81. The predicted molar refractivity (Wildman–Crippen MR) is 70.7 cm³/mol. The van der Waals surface area contributed by atoms with Crippen molar-refractivity contribution in [3.8, 4) is 10.6 Å². The standard InChI is InChI=1S/C13H16N2S/c1-3-4-10-5-7-11(8-6-10)13-15-9(2)12(14)16-13/h5-8H,3-4,14H2,1-2H3. The zero-order valence-electron chi connectivity index (χ0n) is 9.66. The van der Waals surface area contributed by atoms with Crippen LogP contribution in [-0.4, -0.2) is 4.98 Å². The van der Waals surface area contributed by atoms with Crippen LogP contribution in [0.25, 0.3) is 10.6 Å². The molecular weight excluding hydrogens is 216 g/mol. The van der Waals surface area contributed by atoms with E-state index in [1.54, 1.807) is 11.3 Å². The third-order valence-corrected chi connectivity index (χ3v) is 3.61. The number of hydrogen-bond donors (Lipinski definition) is 1. The molecule has 84 valence electrons. The van der Waals surface area contributed by atoms with Crippen molar-refractivity contribution in [3.05, 3.63) is 35.5 Å². The van der Waals surface area contributed by atoms with Gasteiger partial charge in [0, 0.05) is 5.56 Å². The van der Waals surface area contributed by atoms with E-state index >= 15 is 0 Å². The average Bonchev–Trinajstić information content (AvgIpc) is 2.61. The van der Waals surface area contributed by atoms with Crippen molar-refractivity contribution in [1.29, 1.82) is 0 Å². The van der Waals surface area contributed by atoms with Crippen molar-refractivity contribution in [2.24, 2.45) is 0 Å². The van der Waals surface area contributed by atoms with Crippen LogP contribution in [0.1, 0.15) is 24.6 Å². The quantitative estimate of drug-likeness (QED) is 0.877. The predicted octanol–water partition coefficient (Wildman–Crippen LogP) is 3.65. The second-order valence-electron chi connectivity index (χ2n) is 3.92. The van der Waals surface area contributed by atoms with E-state index in [1.807, 2.05) is 6.92 Å². The molecule has 0 spiro atoms. The molecule has 0 saturated heterocycles. The Morgan fingerprint density at radius 3 is 2.44 bits per heavy atom. The number of aromatic nitrogens is 1. The van der Waals surface area contributed by atoms with Crippen molar-refractivity contribution in [2.75, 3.05) is 5.73 Å². The molecule has 1 aromatic carbocycles. The van der Waals surface area contributed by atoms with Gasteiger partial charge < -0.3 is 5.73 Å². The summed E-state index contributed by atoms with van der Waals surface area (Å²) in [6, 6.07) is 8.60. The van der Waals surface area contributed by atoms with Gasteiger partial charge >= 0.3 is 0 Å². The van der Waals surface area contributed by atoms with Crippen molar-refractivity contribution in [1.82, 2.24) is 4.98 Å². The van der Waals surface area contributed by atoms with Gasteiger partial charge in [-0.3, -0.25) is 0 Å². The highest BCUT2D eigenvalue weighted by atomic mass is 32.1. The van der Waals surface area contributed by atoms with Crippen molar-refractivity contribution >= 4 is 16.3 Å². The molecule has 1 aromatic heterocycles. The molecule has 1 heterocycles. The lowest BCUT2D eigenvalue weighted by atomic mass is 10.1. The molecule has 2 rings (SSSR count). The summed E-state index contributed by atoms with van der Waals surface area (Å²) in [6.45, 7) is 4.14. The average molecular weight is 232 g/mol. The molecule has 0 aliphatic rings. The SMILES string of the molecule is CCCc1ccc(-c2nc(C)c(N)s2)cc1. The van der Waals surface area contributed by atoms with Crippen LogP contribution in [0.15, 0.2) is 24.3 Å². The molecular formula is C13H16N2S. The summed E-state index contributed by atoms with van der Waals surface area (Å²) >= 11 is 1.55. The zero-order valence-corrected chi connectivity index (χ0v) is 10.5. The van der Waals surface area contributed by atoms with Crippen LogP contribution in [0.4, 0.5) is 5.00 Å². The first-order valence-electron chi connectivity index (χ1n) is 5.53. The van der Waals surface area contributed by atoms with E-state index in [0.29, 0.717) is 0 Å². The summed E-state index contributed by atoms with van der Waals surface area (Å²) in [6.07, 6.45) is 2.32. The number of nitrogens with two attached hydrogens (primary N) is 1. The number of anilines is 1. The first-order valence-corrected chi connectivity index (χ1v) is 6.34. The summed E-state index contributed by atoms with van der Waals surface area (Å²) < 4.78 is 0. The van der Waals surface area contributed by atoms with E-state index in [9.17, 15) is 0 Å². The molecule has 2 aromatic rings. The fourth-order valence-electron chi connectivity index (χ4n) is 1.63. The monoisotopic (exact) mass is 232 g/mol. The lowest BCUT2D eigenvalue weighted by Gasteiger charge is -2.00. The highest BCUT2D eigenvalue weighted by molar-refractivity contribution is 7.18. The largest absolute Gasteiger partial charge is 0.389 e. The number of aryl methyl sites for hydroxylation is 2. The topological polar surface area (TPSA) is 38.9 Å². The van der Waals surface area contributed by atoms with E-state index in [-0.39, 0.29) is 0 Å². The van der Waals surface area contributed by atoms with Crippen molar-refractivity contribution in [2.45, 2.75) is 26.7 Å². The summed E-state index contributed by atoms with van der Waals surface area (Å²) in [5.74, 6) is 0. The number of hydrogen-bond acceptors (Lipinski definition) is 3. The van der Waals surface area contributed by atoms with Crippen LogP contribution in [0.5, 0.6) is 0 Å². The third kappa shape index (κ3) is 2.25. The molecule has 0 radical (unpaired) electrons. The lowest BCUT2D eigenvalue weighted by molar-refractivity contribution is 0.922. The third-order valence-electron chi connectivity index (χ3n) is 2.57. The minimum Gasteiger partial charge on any atom is -0.389 e. The number of thiazole rings is 1. The van der Waals surface area contributed by atoms with E-state index < -0.39 is 0 Å². The normalized spacial score (nSPS) is 10.6. The maximum Gasteiger partial charge on any atom is 0.125 e. The first kappa shape index (κ1) is 11.1. The Bertz CT molecular complexity index is 452. The van der Waals surface area contributed by atoms with Gasteiger partial charge in [0.25, 0.3) is 0 Å². The van der Waals surface area contributed by atoms with E-state index in [0.717, 1.165) is 27.7 Å². The molecule has 0 saturated carbocycles. The van der Waals surface area contributed by atoms with E-state index in [1.165, 1.54) is 12.0 Å². The second-order valence-corrected chi connectivity index (χ2v) is 4.95. The summed E-state index contributed by atoms with van der Waals surface area (Å²) in [5, 5.41) is 1.82. The number of nitrogens with zero attached hydrogens (tertiary/aromatic N) is 1. The van der Waals surface area contributed by atoms with Gasteiger partial charge in [0.2, 0.25) is 0 Å². The summed E-state index contributed by atoms with van der Waals surface area (Å²) in [4.78, 5) is 4.45. The molecule has 0 aliphatic heterocycles. The van der Waals surface area contributed by atoms with E-state index in [4.69, 9.17) is 5.73 Å². The highest BCUT2D eigenvalue weighted by Crippen LogP contribution is 2.29. The minimum absolute atomic E-state index is 0.813. The second kappa shape index (κ2) is 4.66.